The minimum Gasteiger partial charge on any atom is -0.481 e. The molecule has 0 spiro atoms. The SMILES string of the molecule is CCCCCC=CCC(O)C=Cc1cccc(C(SCCC(=O)O)C(O)CCCCO)c1. The Morgan fingerprint density at radius 3 is 2.66 bits per heavy atom. The van der Waals surface area contributed by atoms with Gasteiger partial charge in [-0.1, -0.05) is 68.3 Å². The molecule has 0 saturated carbocycles. The zero-order valence-electron chi connectivity index (χ0n) is 19.2. The molecule has 1 aromatic rings. The van der Waals surface area contributed by atoms with Crippen LogP contribution in [0.4, 0.5) is 0 Å². The molecule has 180 valence electrons. The van der Waals surface area contributed by atoms with Crippen LogP contribution in [0.15, 0.2) is 42.5 Å². The van der Waals surface area contributed by atoms with Crippen LogP contribution in [0.25, 0.3) is 6.08 Å². The van der Waals surface area contributed by atoms with Gasteiger partial charge in [-0.2, -0.15) is 11.8 Å². The van der Waals surface area contributed by atoms with Crippen molar-refractivity contribution in [3.63, 3.8) is 0 Å². The van der Waals surface area contributed by atoms with Gasteiger partial charge in [0.05, 0.1) is 23.9 Å². The summed E-state index contributed by atoms with van der Waals surface area (Å²) in [5, 5.41) is 38.6. The molecule has 1 rings (SSSR count). The molecule has 0 bridgehead atoms. The number of aliphatic carboxylic acids is 1. The van der Waals surface area contributed by atoms with Crippen LogP contribution < -0.4 is 0 Å². The van der Waals surface area contributed by atoms with E-state index in [0.29, 0.717) is 31.4 Å². The molecule has 32 heavy (non-hydrogen) atoms. The standard InChI is InChI=1S/C26H40O5S/c1-2-3-4-5-6-7-13-23(28)16-15-21-11-10-12-22(20-21)26(32-19-17-25(30)31)24(29)14-8-9-18-27/h6-7,10-12,15-16,20,23-24,26-29H,2-5,8-9,13-14,17-19H2,1H3,(H,30,31). The largest absolute Gasteiger partial charge is 0.481 e. The van der Waals surface area contributed by atoms with Crippen LogP contribution in [-0.2, 0) is 4.79 Å². The number of aliphatic hydroxyl groups excluding tert-OH is 3. The van der Waals surface area contributed by atoms with Crippen LogP contribution in [0, 0.1) is 0 Å². The van der Waals surface area contributed by atoms with Gasteiger partial charge in [0.2, 0.25) is 0 Å². The fourth-order valence-corrected chi connectivity index (χ4v) is 4.57. The first-order chi connectivity index (χ1) is 15.5. The fraction of sp³-hybridized carbons (Fsp3) is 0.577. The van der Waals surface area contributed by atoms with E-state index in [4.69, 9.17) is 10.2 Å². The summed E-state index contributed by atoms with van der Waals surface area (Å²) in [4.78, 5) is 10.9. The maximum absolute atomic E-state index is 10.9. The molecule has 0 aliphatic carbocycles. The fourth-order valence-electron chi connectivity index (χ4n) is 3.33. The third-order valence-electron chi connectivity index (χ3n) is 5.14. The van der Waals surface area contributed by atoms with E-state index >= 15 is 0 Å². The quantitative estimate of drug-likeness (QED) is 0.172. The molecule has 3 atom stereocenters. The second-order valence-electron chi connectivity index (χ2n) is 8.02. The lowest BCUT2D eigenvalue weighted by molar-refractivity contribution is -0.136. The Labute approximate surface area is 197 Å². The molecule has 0 aliphatic rings. The van der Waals surface area contributed by atoms with Gasteiger partial charge in [-0.25, -0.2) is 0 Å². The lowest BCUT2D eigenvalue weighted by Crippen LogP contribution is -2.17. The van der Waals surface area contributed by atoms with E-state index in [1.807, 2.05) is 36.4 Å². The Bertz CT molecular complexity index is 689. The molecule has 3 unspecified atom stereocenters. The van der Waals surface area contributed by atoms with E-state index in [2.05, 4.69) is 13.0 Å². The average molecular weight is 465 g/mol. The van der Waals surface area contributed by atoms with Crippen LogP contribution >= 0.6 is 11.8 Å². The number of carbonyl (C=O) groups is 1. The number of carboxylic acid groups (broad SMARTS) is 1. The number of benzene rings is 1. The summed E-state index contributed by atoms with van der Waals surface area (Å²) >= 11 is 1.45. The normalized spacial score (nSPS) is 14.8. The molecule has 0 fully saturated rings. The summed E-state index contributed by atoms with van der Waals surface area (Å²) in [6.07, 6.45) is 13.8. The number of carboxylic acids is 1. The van der Waals surface area contributed by atoms with Crippen molar-refractivity contribution in [2.24, 2.45) is 0 Å². The van der Waals surface area contributed by atoms with Gasteiger partial charge in [0, 0.05) is 12.4 Å². The van der Waals surface area contributed by atoms with Crippen molar-refractivity contribution in [1.82, 2.24) is 0 Å². The molecule has 0 aliphatic heterocycles. The zero-order chi connectivity index (χ0) is 23.6. The average Bonchev–Trinajstić information content (AvgIpc) is 2.77. The highest BCUT2D eigenvalue weighted by molar-refractivity contribution is 7.99. The van der Waals surface area contributed by atoms with Crippen LogP contribution in [0.1, 0.15) is 81.1 Å². The van der Waals surface area contributed by atoms with E-state index in [-0.39, 0.29) is 18.3 Å². The van der Waals surface area contributed by atoms with Gasteiger partial charge in [-0.3, -0.25) is 4.79 Å². The summed E-state index contributed by atoms with van der Waals surface area (Å²) in [5.41, 5.74) is 1.87. The molecular formula is C26H40O5S. The monoisotopic (exact) mass is 464 g/mol. The highest BCUT2D eigenvalue weighted by Crippen LogP contribution is 2.35. The van der Waals surface area contributed by atoms with Crippen LogP contribution in [-0.4, -0.2) is 51.0 Å². The molecule has 6 heteroatoms. The summed E-state index contributed by atoms with van der Waals surface area (Å²) in [5.74, 6) is -0.434. The van der Waals surface area contributed by atoms with E-state index in [9.17, 15) is 15.0 Å². The predicted molar refractivity (Wildman–Crippen MR) is 134 cm³/mol. The van der Waals surface area contributed by atoms with Crippen molar-refractivity contribution in [1.29, 1.82) is 0 Å². The molecule has 0 heterocycles. The van der Waals surface area contributed by atoms with Crippen molar-refractivity contribution in [2.75, 3.05) is 12.4 Å². The van der Waals surface area contributed by atoms with Gasteiger partial charge in [0.15, 0.2) is 0 Å². The van der Waals surface area contributed by atoms with E-state index < -0.39 is 18.2 Å². The van der Waals surface area contributed by atoms with Gasteiger partial charge in [-0.15, -0.1) is 0 Å². The van der Waals surface area contributed by atoms with Crippen LogP contribution in [0.3, 0.4) is 0 Å². The van der Waals surface area contributed by atoms with E-state index in [1.54, 1.807) is 6.08 Å². The first kappa shape index (κ1) is 28.4. The van der Waals surface area contributed by atoms with Crippen molar-refractivity contribution in [3.8, 4) is 0 Å². The number of hydrogen-bond donors (Lipinski definition) is 4. The van der Waals surface area contributed by atoms with Gasteiger partial charge in [0.1, 0.15) is 0 Å². The topological polar surface area (TPSA) is 98.0 Å². The van der Waals surface area contributed by atoms with Crippen molar-refractivity contribution in [3.05, 3.63) is 53.6 Å². The molecule has 0 radical (unpaired) electrons. The molecule has 1 aromatic carbocycles. The van der Waals surface area contributed by atoms with Gasteiger partial charge < -0.3 is 20.4 Å². The molecule has 0 amide bonds. The Morgan fingerprint density at radius 2 is 1.94 bits per heavy atom. The van der Waals surface area contributed by atoms with Crippen LogP contribution in [0.2, 0.25) is 0 Å². The number of aliphatic hydroxyl groups is 3. The summed E-state index contributed by atoms with van der Waals surface area (Å²) in [7, 11) is 0. The Balaban J connectivity index is 2.75. The van der Waals surface area contributed by atoms with Crippen LogP contribution in [0.5, 0.6) is 0 Å². The molecule has 0 aromatic heterocycles. The molecular weight excluding hydrogens is 424 g/mol. The summed E-state index contributed by atoms with van der Waals surface area (Å²) in [6.45, 7) is 2.28. The first-order valence-electron chi connectivity index (χ1n) is 11.7. The first-order valence-corrected chi connectivity index (χ1v) is 12.8. The van der Waals surface area contributed by atoms with E-state index in [1.165, 1.54) is 31.0 Å². The smallest absolute Gasteiger partial charge is 0.304 e. The second kappa shape index (κ2) is 17.9. The Morgan fingerprint density at radius 1 is 1.12 bits per heavy atom. The Hall–Kier alpha value is -1.60. The van der Waals surface area contributed by atoms with E-state index in [0.717, 1.165) is 17.5 Å². The number of unbranched alkanes of at least 4 members (excludes halogenated alkanes) is 4. The number of thioether (sulfide) groups is 1. The minimum atomic E-state index is -0.851. The second-order valence-corrected chi connectivity index (χ2v) is 9.27. The zero-order valence-corrected chi connectivity index (χ0v) is 20.1. The molecule has 0 saturated heterocycles. The minimum absolute atomic E-state index is 0.0439. The lowest BCUT2D eigenvalue weighted by Gasteiger charge is -2.23. The van der Waals surface area contributed by atoms with Gasteiger partial charge in [-0.05, 0) is 49.7 Å². The summed E-state index contributed by atoms with van der Waals surface area (Å²) in [6, 6.07) is 7.79. The van der Waals surface area contributed by atoms with Crippen molar-refractivity contribution >= 4 is 23.8 Å². The highest BCUT2D eigenvalue weighted by Gasteiger charge is 2.22. The van der Waals surface area contributed by atoms with Crippen molar-refractivity contribution < 1.29 is 25.2 Å². The maximum atomic E-state index is 10.9. The molecule has 4 N–H and O–H groups in total. The highest BCUT2D eigenvalue weighted by atomic mass is 32.2. The third kappa shape index (κ3) is 13.1. The van der Waals surface area contributed by atoms with Gasteiger partial charge in [0.25, 0.3) is 0 Å². The lowest BCUT2D eigenvalue weighted by atomic mass is 10.0. The summed E-state index contributed by atoms with van der Waals surface area (Å²) < 4.78 is 0. The predicted octanol–water partition coefficient (Wildman–Crippen LogP) is 5.36. The number of allylic oxidation sites excluding steroid dienone is 1. The maximum Gasteiger partial charge on any atom is 0.304 e. The number of rotatable bonds is 18. The Kier molecular flexibility index (Phi) is 15.9. The van der Waals surface area contributed by atoms with Crippen molar-refractivity contribution in [2.45, 2.75) is 82.2 Å². The molecule has 5 nitrogen and oxygen atoms in total. The third-order valence-corrected chi connectivity index (χ3v) is 6.52. The van der Waals surface area contributed by atoms with Gasteiger partial charge >= 0.3 is 5.97 Å². The number of hydrogen-bond acceptors (Lipinski definition) is 5.